The molecule has 4 heteroatoms. The number of carbonyl (C=O) groups excluding carboxylic acids is 2. The summed E-state index contributed by atoms with van der Waals surface area (Å²) < 4.78 is 0. The van der Waals surface area contributed by atoms with Gasteiger partial charge in [0.25, 0.3) is 5.91 Å². The van der Waals surface area contributed by atoms with Crippen molar-refractivity contribution in [3.8, 4) is 0 Å². The second-order valence-corrected chi connectivity index (χ2v) is 6.60. The molecule has 2 amide bonds. The summed E-state index contributed by atoms with van der Waals surface area (Å²) in [4.78, 5) is 26.1. The van der Waals surface area contributed by atoms with Crippen LogP contribution in [0.3, 0.4) is 0 Å². The minimum Gasteiger partial charge on any atom is -0.350 e. The number of hydrogen-bond donors (Lipinski definition) is 1. The quantitative estimate of drug-likeness (QED) is 0.877. The first kappa shape index (κ1) is 17.2. The van der Waals surface area contributed by atoms with Crippen molar-refractivity contribution in [3.63, 3.8) is 0 Å². The molecule has 1 N–H and O–H groups in total. The molecule has 1 aliphatic rings. The summed E-state index contributed by atoms with van der Waals surface area (Å²) in [6, 6.07) is 17.7. The number of nitrogens with zero attached hydrogens (tertiary/aromatic N) is 1. The van der Waals surface area contributed by atoms with Gasteiger partial charge in [-0.1, -0.05) is 36.4 Å². The monoisotopic (exact) mass is 336 g/mol. The molecule has 3 rings (SSSR count). The third-order valence-electron chi connectivity index (χ3n) is 4.58. The van der Waals surface area contributed by atoms with Gasteiger partial charge in [-0.25, -0.2) is 0 Å². The fourth-order valence-corrected chi connectivity index (χ4v) is 3.14. The van der Waals surface area contributed by atoms with Crippen LogP contribution in [0.4, 0.5) is 5.69 Å². The molecule has 1 heterocycles. The number of amides is 2. The SMILES string of the molecule is CC(CCc1ccccc1)NC(=O)c1cccc(N2CCCC2=O)c1. The normalized spacial score (nSPS) is 15.2. The van der Waals surface area contributed by atoms with Crippen molar-refractivity contribution in [3.05, 3.63) is 65.7 Å². The van der Waals surface area contributed by atoms with Crippen LogP contribution in [0, 0.1) is 0 Å². The molecule has 2 aromatic rings. The van der Waals surface area contributed by atoms with Crippen molar-refractivity contribution in [2.24, 2.45) is 0 Å². The van der Waals surface area contributed by atoms with Gasteiger partial charge in [0.15, 0.2) is 0 Å². The number of nitrogens with one attached hydrogen (secondary N) is 1. The zero-order chi connectivity index (χ0) is 17.6. The van der Waals surface area contributed by atoms with Gasteiger partial charge in [0.05, 0.1) is 0 Å². The van der Waals surface area contributed by atoms with Gasteiger partial charge in [-0.2, -0.15) is 0 Å². The van der Waals surface area contributed by atoms with Crippen LogP contribution in [0.25, 0.3) is 0 Å². The summed E-state index contributed by atoms with van der Waals surface area (Å²) in [6.07, 6.45) is 3.30. The first-order valence-electron chi connectivity index (χ1n) is 8.89. The van der Waals surface area contributed by atoms with Crippen LogP contribution in [0.15, 0.2) is 54.6 Å². The lowest BCUT2D eigenvalue weighted by molar-refractivity contribution is -0.117. The Morgan fingerprint density at radius 3 is 2.68 bits per heavy atom. The van der Waals surface area contributed by atoms with E-state index in [1.54, 1.807) is 11.0 Å². The fourth-order valence-electron chi connectivity index (χ4n) is 3.14. The molecule has 1 aliphatic heterocycles. The van der Waals surface area contributed by atoms with Gasteiger partial charge in [-0.15, -0.1) is 0 Å². The second kappa shape index (κ2) is 7.97. The van der Waals surface area contributed by atoms with E-state index in [0.717, 1.165) is 31.5 Å². The fraction of sp³-hybridized carbons (Fsp3) is 0.333. The number of hydrogen-bond acceptors (Lipinski definition) is 2. The molecule has 0 radical (unpaired) electrons. The summed E-state index contributed by atoms with van der Waals surface area (Å²) in [5.74, 6) is 0.0443. The number of aryl methyl sites for hydroxylation is 1. The topological polar surface area (TPSA) is 49.4 Å². The highest BCUT2D eigenvalue weighted by Crippen LogP contribution is 2.22. The Balaban J connectivity index is 1.58. The van der Waals surface area contributed by atoms with Gasteiger partial charge in [-0.3, -0.25) is 9.59 Å². The first-order chi connectivity index (χ1) is 12.1. The highest BCUT2D eigenvalue weighted by Gasteiger charge is 2.22. The molecule has 0 aliphatic carbocycles. The van der Waals surface area contributed by atoms with Crippen LogP contribution in [0.5, 0.6) is 0 Å². The molecule has 25 heavy (non-hydrogen) atoms. The van der Waals surface area contributed by atoms with E-state index < -0.39 is 0 Å². The van der Waals surface area contributed by atoms with Crippen LogP contribution in [0.2, 0.25) is 0 Å². The zero-order valence-corrected chi connectivity index (χ0v) is 14.6. The van der Waals surface area contributed by atoms with Crippen molar-refractivity contribution < 1.29 is 9.59 Å². The lowest BCUT2D eigenvalue weighted by Gasteiger charge is -2.18. The van der Waals surface area contributed by atoms with Gasteiger partial charge in [-0.05, 0) is 49.9 Å². The zero-order valence-electron chi connectivity index (χ0n) is 14.6. The van der Waals surface area contributed by atoms with Crippen LogP contribution >= 0.6 is 0 Å². The average molecular weight is 336 g/mol. The van der Waals surface area contributed by atoms with Crippen LogP contribution in [0.1, 0.15) is 42.1 Å². The average Bonchev–Trinajstić information content (AvgIpc) is 3.07. The first-order valence-corrected chi connectivity index (χ1v) is 8.89. The maximum absolute atomic E-state index is 12.5. The van der Waals surface area contributed by atoms with Crippen molar-refractivity contribution in [2.75, 3.05) is 11.4 Å². The summed E-state index contributed by atoms with van der Waals surface area (Å²) in [5, 5.41) is 3.05. The third-order valence-corrected chi connectivity index (χ3v) is 4.58. The van der Waals surface area contributed by atoms with E-state index in [9.17, 15) is 9.59 Å². The van der Waals surface area contributed by atoms with E-state index in [1.807, 2.05) is 43.3 Å². The Morgan fingerprint density at radius 1 is 1.16 bits per heavy atom. The van der Waals surface area contributed by atoms with Gasteiger partial charge in [0.1, 0.15) is 0 Å². The van der Waals surface area contributed by atoms with Gasteiger partial charge < -0.3 is 10.2 Å². The maximum atomic E-state index is 12.5. The van der Waals surface area contributed by atoms with E-state index in [4.69, 9.17) is 0 Å². The largest absolute Gasteiger partial charge is 0.350 e. The van der Waals surface area contributed by atoms with Gasteiger partial charge >= 0.3 is 0 Å². The van der Waals surface area contributed by atoms with Crippen LogP contribution in [-0.4, -0.2) is 24.4 Å². The number of benzene rings is 2. The maximum Gasteiger partial charge on any atom is 0.251 e. The lowest BCUT2D eigenvalue weighted by Crippen LogP contribution is -2.33. The van der Waals surface area contributed by atoms with Crippen LogP contribution < -0.4 is 10.2 Å². The minimum atomic E-state index is -0.0888. The van der Waals surface area contributed by atoms with Crippen molar-refractivity contribution in [1.29, 1.82) is 0 Å². The smallest absolute Gasteiger partial charge is 0.251 e. The summed E-state index contributed by atoms with van der Waals surface area (Å²) in [6.45, 7) is 2.76. The molecule has 4 nitrogen and oxygen atoms in total. The number of rotatable bonds is 6. The molecule has 1 saturated heterocycles. The van der Waals surface area contributed by atoms with Crippen molar-refractivity contribution in [1.82, 2.24) is 5.32 Å². The standard InChI is InChI=1S/C21H24N2O2/c1-16(12-13-17-7-3-2-4-8-17)22-21(25)18-9-5-10-19(15-18)23-14-6-11-20(23)24/h2-5,7-10,15-16H,6,11-14H2,1H3,(H,22,25). The summed E-state index contributed by atoms with van der Waals surface area (Å²) in [5.41, 5.74) is 2.69. The molecular weight excluding hydrogens is 312 g/mol. The Hall–Kier alpha value is -2.62. The predicted molar refractivity (Wildman–Crippen MR) is 99.7 cm³/mol. The third kappa shape index (κ3) is 4.47. The van der Waals surface area contributed by atoms with E-state index in [0.29, 0.717) is 12.0 Å². The molecular formula is C21H24N2O2. The molecule has 0 spiro atoms. The van der Waals surface area contributed by atoms with Crippen molar-refractivity contribution in [2.45, 2.75) is 38.6 Å². The molecule has 0 saturated carbocycles. The molecule has 1 fully saturated rings. The van der Waals surface area contributed by atoms with Crippen molar-refractivity contribution >= 4 is 17.5 Å². The number of anilines is 1. The molecule has 130 valence electrons. The molecule has 0 bridgehead atoms. The molecule has 0 aromatic heterocycles. The van der Waals surface area contributed by atoms with E-state index in [1.165, 1.54) is 5.56 Å². The highest BCUT2D eigenvalue weighted by atomic mass is 16.2. The Bertz CT molecular complexity index is 743. The Morgan fingerprint density at radius 2 is 1.96 bits per heavy atom. The predicted octanol–water partition coefficient (Wildman–Crippen LogP) is 3.56. The highest BCUT2D eigenvalue weighted by molar-refractivity contribution is 5.99. The molecule has 1 atom stereocenters. The van der Waals surface area contributed by atoms with Crippen LogP contribution in [-0.2, 0) is 11.2 Å². The molecule has 2 aromatic carbocycles. The molecule has 1 unspecified atom stereocenters. The van der Waals surface area contributed by atoms with E-state index in [-0.39, 0.29) is 17.9 Å². The Kier molecular flexibility index (Phi) is 5.49. The Labute approximate surface area is 148 Å². The van der Waals surface area contributed by atoms with Gasteiger partial charge in [0.2, 0.25) is 5.91 Å². The summed E-state index contributed by atoms with van der Waals surface area (Å²) >= 11 is 0. The minimum absolute atomic E-state index is 0.0878. The second-order valence-electron chi connectivity index (χ2n) is 6.60. The van der Waals surface area contributed by atoms with Gasteiger partial charge in [0, 0.05) is 30.3 Å². The summed E-state index contributed by atoms with van der Waals surface area (Å²) in [7, 11) is 0. The van der Waals surface area contributed by atoms with E-state index >= 15 is 0 Å². The lowest BCUT2D eigenvalue weighted by atomic mass is 10.1. The number of carbonyl (C=O) groups is 2. The van der Waals surface area contributed by atoms with E-state index in [2.05, 4.69) is 17.4 Å².